The van der Waals surface area contributed by atoms with E-state index < -0.39 is 0 Å². The number of piperidine rings is 1. The van der Waals surface area contributed by atoms with Gasteiger partial charge in [-0.15, -0.1) is 0 Å². The number of rotatable bonds is 6. The zero-order valence-corrected chi connectivity index (χ0v) is 14.1. The summed E-state index contributed by atoms with van der Waals surface area (Å²) in [5, 5.41) is 3.84. The van der Waals surface area contributed by atoms with Crippen molar-refractivity contribution in [3.8, 4) is 11.5 Å². The van der Waals surface area contributed by atoms with E-state index in [0.29, 0.717) is 18.9 Å². The Balaban J connectivity index is 1.20. The maximum absolute atomic E-state index is 5.46. The van der Waals surface area contributed by atoms with Crippen molar-refractivity contribution in [3.63, 3.8) is 0 Å². The highest BCUT2D eigenvalue weighted by Gasteiger charge is 2.31. The van der Waals surface area contributed by atoms with Gasteiger partial charge in [-0.2, -0.15) is 0 Å². The van der Waals surface area contributed by atoms with E-state index in [0.717, 1.165) is 24.0 Å². The van der Waals surface area contributed by atoms with Crippen LogP contribution in [0.5, 0.6) is 11.5 Å². The fraction of sp³-hybridized carbons (Fsp3) is 0.684. The Morgan fingerprint density at radius 3 is 2.70 bits per heavy atom. The van der Waals surface area contributed by atoms with Crippen molar-refractivity contribution >= 4 is 0 Å². The van der Waals surface area contributed by atoms with Crippen molar-refractivity contribution in [2.24, 2.45) is 0 Å². The summed E-state index contributed by atoms with van der Waals surface area (Å²) < 4.78 is 10.8. The summed E-state index contributed by atoms with van der Waals surface area (Å²) >= 11 is 0. The molecule has 1 aromatic rings. The monoisotopic (exact) mass is 316 g/mol. The largest absolute Gasteiger partial charge is 0.454 e. The SMILES string of the molecule is CC(CCc1ccc2c(c1)OCO2)NC1CCN(C2CC2)CC1. The molecule has 1 saturated heterocycles. The molecule has 0 spiro atoms. The van der Waals surface area contributed by atoms with Gasteiger partial charge in [0.1, 0.15) is 0 Å². The Morgan fingerprint density at radius 1 is 1.13 bits per heavy atom. The minimum atomic E-state index is 0.357. The van der Waals surface area contributed by atoms with Gasteiger partial charge in [-0.3, -0.25) is 0 Å². The van der Waals surface area contributed by atoms with E-state index in [9.17, 15) is 0 Å². The molecule has 126 valence electrons. The van der Waals surface area contributed by atoms with Gasteiger partial charge in [0.25, 0.3) is 0 Å². The molecule has 2 heterocycles. The van der Waals surface area contributed by atoms with Crippen LogP contribution in [-0.4, -0.2) is 42.9 Å². The molecule has 0 bridgehead atoms. The van der Waals surface area contributed by atoms with Crippen LogP contribution in [0.1, 0.15) is 44.6 Å². The van der Waals surface area contributed by atoms with Gasteiger partial charge in [0, 0.05) is 18.1 Å². The molecule has 0 radical (unpaired) electrons. The first-order chi connectivity index (χ1) is 11.3. The van der Waals surface area contributed by atoms with Gasteiger partial charge in [-0.1, -0.05) is 6.07 Å². The molecule has 1 unspecified atom stereocenters. The van der Waals surface area contributed by atoms with Crippen LogP contribution >= 0.6 is 0 Å². The minimum absolute atomic E-state index is 0.357. The van der Waals surface area contributed by atoms with Crippen LogP contribution in [0.2, 0.25) is 0 Å². The number of nitrogens with zero attached hydrogens (tertiary/aromatic N) is 1. The third kappa shape index (κ3) is 3.81. The third-order valence-electron chi connectivity index (χ3n) is 5.42. The first-order valence-electron chi connectivity index (χ1n) is 9.16. The number of aryl methyl sites for hydroxylation is 1. The molecular weight excluding hydrogens is 288 g/mol. The summed E-state index contributed by atoms with van der Waals surface area (Å²) in [6.07, 6.45) is 7.75. The van der Waals surface area contributed by atoms with E-state index in [2.05, 4.69) is 29.3 Å². The molecule has 1 atom stereocenters. The fourth-order valence-electron chi connectivity index (χ4n) is 3.84. The van der Waals surface area contributed by atoms with Gasteiger partial charge >= 0.3 is 0 Å². The lowest BCUT2D eigenvalue weighted by molar-refractivity contribution is 0.174. The van der Waals surface area contributed by atoms with Crippen molar-refractivity contribution in [3.05, 3.63) is 23.8 Å². The first-order valence-corrected chi connectivity index (χ1v) is 9.16. The van der Waals surface area contributed by atoms with Crippen LogP contribution in [0.25, 0.3) is 0 Å². The predicted octanol–water partition coefficient (Wildman–Crippen LogP) is 2.95. The smallest absolute Gasteiger partial charge is 0.231 e. The van der Waals surface area contributed by atoms with Gasteiger partial charge in [0.05, 0.1) is 0 Å². The van der Waals surface area contributed by atoms with Crippen LogP contribution in [0, 0.1) is 0 Å². The first kappa shape index (κ1) is 15.3. The quantitative estimate of drug-likeness (QED) is 0.875. The van der Waals surface area contributed by atoms with E-state index in [1.54, 1.807) is 0 Å². The third-order valence-corrected chi connectivity index (χ3v) is 5.42. The molecule has 0 aromatic heterocycles. The summed E-state index contributed by atoms with van der Waals surface area (Å²) in [5.74, 6) is 1.78. The topological polar surface area (TPSA) is 33.7 Å². The van der Waals surface area contributed by atoms with Gasteiger partial charge < -0.3 is 19.7 Å². The van der Waals surface area contributed by atoms with Crippen LogP contribution in [0.3, 0.4) is 0 Å². The fourth-order valence-corrected chi connectivity index (χ4v) is 3.84. The molecule has 3 aliphatic rings. The van der Waals surface area contributed by atoms with Gasteiger partial charge in [0.2, 0.25) is 6.79 Å². The normalized spacial score (nSPS) is 23.2. The van der Waals surface area contributed by atoms with E-state index in [-0.39, 0.29) is 0 Å². The van der Waals surface area contributed by atoms with Crippen LogP contribution in [0.15, 0.2) is 18.2 Å². The van der Waals surface area contributed by atoms with Crippen LogP contribution in [-0.2, 0) is 6.42 Å². The van der Waals surface area contributed by atoms with E-state index in [4.69, 9.17) is 9.47 Å². The molecule has 23 heavy (non-hydrogen) atoms. The Morgan fingerprint density at radius 2 is 1.91 bits per heavy atom. The Bertz CT molecular complexity index is 536. The minimum Gasteiger partial charge on any atom is -0.454 e. The number of likely N-dealkylation sites (tertiary alicyclic amines) is 1. The van der Waals surface area contributed by atoms with E-state index in [1.165, 1.54) is 50.8 Å². The number of hydrogen-bond donors (Lipinski definition) is 1. The second kappa shape index (κ2) is 6.70. The summed E-state index contributed by atoms with van der Waals surface area (Å²) in [6, 6.07) is 8.52. The number of hydrogen-bond acceptors (Lipinski definition) is 4. The molecular formula is C19H28N2O2. The highest BCUT2D eigenvalue weighted by Crippen LogP contribution is 2.33. The standard InChI is InChI=1S/C19H28N2O2/c1-14(20-16-8-10-21(11-9-16)17-5-6-17)2-3-15-4-7-18-19(12-15)23-13-22-18/h4,7,12,14,16-17,20H,2-3,5-6,8-11,13H2,1H3. The molecule has 2 fully saturated rings. The van der Waals surface area contributed by atoms with Crippen molar-refractivity contribution in [2.75, 3.05) is 19.9 Å². The Kier molecular flexibility index (Phi) is 4.45. The van der Waals surface area contributed by atoms with Gasteiger partial charge in [0.15, 0.2) is 11.5 Å². The van der Waals surface area contributed by atoms with Crippen LogP contribution < -0.4 is 14.8 Å². The maximum atomic E-state index is 5.46. The highest BCUT2D eigenvalue weighted by molar-refractivity contribution is 5.44. The van der Waals surface area contributed by atoms with Crippen molar-refractivity contribution in [1.82, 2.24) is 10.2 Å². The number of nitrogens with one attached hydrogen (secondary N) is 1. The zero-order chi connectivity index (χ0) is 15.6. The van der Waals surface area contributed by atoms with Gasteiger partial charge in [-0.05, 0) is 76.2 Å². The lowest BCUT2D eigenvalue weighted by Crippen LogP contribution is -2.46. The zero-order valence-electron chi connectivity index (χ0n) is 14.1. The molecule has 1 aliphatic carbocycles. The predicted molar refractivity (Wildman–Crippen MR) is 91.1 cm³/mol. The second-order valence-corrected chi connectivity index (χ2v) is 7.34. The summed E-state index contributed by atoms with van der Waals surface area (Å²) in [4.78, 5) is 2.69. The lowest BCUT2D eigenvalue weighted by atomic mass is 10.0. The van der Waals surface area contributed by atoms with E-state index >= 15 is 0 Å². The maximum Gasteiger partial charge on any atom is 0.231 e. The number of benzene rings is 1. The molecule has 4 rings (SSSR count). The average Bonchev–Trinajstić information content (AvgIpc) is 3.31. The average molecular weight is 316 g/mol. The highest BCUT2D eigenvalue weighted by atomic mass is 16.7. The molecule has 0 amide bonds. The molecule has 2 aliphatic heterocycles. The summed E-state index contributed by atoms with van der Waals surface area (Å²) in [5.41, 5.74) is 1.34. The number of fused-ring (bicyclic) bond motifs is 1. The molecule has 1 aromatic carbocycles. The molecule has 1 saturated carbocycles. The summed E-state index contributed by atoms with van der Waals surface area (Å²) in [6.45, 7) is 5.25. The lowest BCUT2D eigenvalue weighted by Gasteiger charge is -2.34. The second-order valence-electron chi connectivity index (χ2n) is 7.34. The Labute approximate surface area is 139 Å². The summed E-state index contributed by atoms with van der Waals surface area (Å²) in [7, 11) is 0. The van der Waals surface area contributed by atoms with Crippen molar-refractivity contribution in [1.29, 1.82) is 0 Å². The van der Waals surface area contributed by atoms with E-state index in [1.807, 2.05) is 6.07 Å². The Hall–Kier alpha value is -1.26. The van der Waals surface area contributed by atoms with Crippen molar-refractivity contribution < 1.29 is 9.47 Å². The number of ether oxygens (including phenoxy) is 2. The molecule has 4 nitrogen and oxygen atoms in total. The van der Waals surface area contributed by atoms with Gasteiger partial charge in [-0.25, -0.2) is 0 Å². The molecule has 1 N–H and O–H groups in total. The molecule has 4 heteroatoms. The van der Waals surface area contributed by atoms with Crippen molar-refractivity contribution in [2.45, 2.75) is 63.6 Å². The van der Waals surface area contributed by atoms with Crippen LogP contribution in [0.4, 0.5) is 0 Å².